The number of halogens is 1. The Hall–Kier alpha value is -0.890. The number of hydrogen-bond acceptors (Lipinski definition) is 4. The lowest BCUT2D eigenvalue weighted by Gasteiger charge is -2.16. The Bertz CT molecular complexity index is 684. The maximum atomic E-state index is 12.4. The molecule has 1 aromatic heterocycles. The Kier molecular flexibility index (Phi) is 4.85. The van der Waals surface area contributed by atoms with E-state index < -0.39 is 10.0 Å². The predicted molar refractivity (Wildman–Crippen MR) is 86.2 cm³/mol. The van der Waals surface area contributed by atoms with Gasteiger partial charge in [0.25, 0.3) is 0 Å². The van der Waals surface area contributed by atoms with Crippen LogP contribution in [0.15, 0.2) is 45.1 Å². The SMILES string of the molecule is CCC(NS(=O)(=O)c1ccc(Br)cc1N)c1cccs1. The molecule has 2 rings (SSSR count). The highest BCUT2D eigenvalue weighted by Crippen LogP contribution is 2.27. The van der Waals surface area contributed by atoms with Crippen molar-refractivity contribution >= 4 is 43.0 Å². The lowest BCUT2D eigenvalue weighted by molar-refractivity contribution is 0.553. The predicted octanol–water partition coefficient (Wildman–Crippen LogP) is 3.52. The maximum absolute atomic E-state index is 12.4. The van der Waals surface area contributed by atoms with Crippen molar-refractivity contribution in [2.24, 2.45) is 0 Å². The molecule has 1 aromatic carbocycles. The Morgan fingerprint density at radius 3 is 2.70 bits per heavy atom. The topological polar surface area (TPSA) is 72.2 Å². The third kappa shape index (κ3) is 3.41. The highest BCUT2D eigenvalue weighted by atomic mass is 79.9. The number of nitrogen functional groups attached to an aromatic ring is 1. The molecule has 4 nitrogen and oxygen atoms in total. The van der Waals surface area contributed by atoms with E-state index >= 15 is 0 Å². The van der Waals surface area contributed by atoms with Gasteiger partial charge in [-0.25, -0.2) is 13.1 Å². The van der Waals surface area contributed by atoms with Gasteiger partial charge in [0.2, 0.25) is 10.0 Å². The summed E-state index contributed by atoms with van der Waals surface area (Å²) in [6.07, 6.45) is 0.677. The first-order valence-corrected chi connectivity index (χ1v) is 9.20. The van der Waals surface area contributed by atoms with Crippen LogP contribution in [0.1, 0.15) is 24.3 Å². The fraction of sp³-hybridized carbons (Fsp3) is 0.231. The molecule has 0 aliphatic heterocycles. The van der Waals surface area contributed by atoms with Crippen LogP contribution in [0.5, 0.6) is 0 Å². The molecule has 0 saturated heterocycles. The number of rotatable bonds is 5. The van der Waals surface area contributed by atoms with Crippen LogP contribution in [0, 0.1) is 0 Å². The van der Waals surface area contributed by atoms with Crippen molar-refractivity contribution < 1.29 is 8.42 Å². The van der Waals surface area contributed by atoms with Crippen molar-refractivity contribution in [3.8, 4) is 0 Å². The zero-order chi connectivity index (χ0) is 14.8. The van der Waals surface area contributed by atoms with Crippen molar-refractivity contribution in [1.82, 2.24) is 4.72 Å². The van der Waals surface area contributed by atoms with Gasteiger partial charge < -0.3 is 5.73 Å². The van der Waals surface area contributed by atoms with Crippen LogP contribution in [-0.4, -0.2) is 8.42 Å². The van der Waals surface area contributed by atoms with Crippen molar-refractivity contribution in [3.05, 3.63) is 45.1 Å². The highest BCUT2D eigenvalue weighted by molar-refractivity contribution is 9.10. The molecule has 0 aliphatic carbocycles. The van der Waals surface area contributed by atoms with E-state index in [1.54, 1.807) is 12.1 Å². The van der Waals surface area contributed by atoms with E-state index in [4.69, 9.17) is 5.73 Å². The Morgan fingerprint density at radius 1 is 1.40 bits per heavy atom. The minimum absolute atomic E-state index is 0.107. The van der Waals surface area contributed by atoms with E-state index in [0.29, 0.717) is 6.42 Å². The summed E-state index contributed by atoms with van der Waals surface area (Å²) in [5.41, 5.74) is 6.03. The summed E-state index contributed by atoms with van der Waals surface area (Å²) in [6.45, 7) is 1.94. The van der Waals surface area contributed by atoms with Crippen LogP contribution in [0.25, 0.3) is 0 Å². The zero-order valence-electron chi connectivity index (χ0n) is 10.8. The van der Waals surface area contributed by atoms with Crippen LogP contribution in [-0.2, 0) is 10.0 Å². The van der Waals surface area contributed by atoms with E-state index in [2.05, 4.69) is 20.7 Å². The molecule has 0 amide bonds. The van der Waals surface area contributed by atoms with Gasteiger partial charge in [0.15, 0.2) is 0 Å². The molecule has 0 bridgehead atoms. The van der Waals surface area contributed by atoms with E-state index in [1.165, 1.54) is 17.4 Å². The van der Waals surface area contributed by atoms with E-state index in [1.807, 2.05) is 24.4 Å². The van der Waals surface area contributed by atoms with Gasteiger partial charge in [-0.3, -0.25) is 0 Å². The second-order valence-corrected chi connectivity index (χ2v) is 7.86. The second kappa shape index (κ2) is 6.26. The standard InChI is InChI=1S/C13H15BrN2O2S2/c1-2-11(12-4-3-7-19-12)16-20(17,18)13-6-5-9(14)8-10(13)15/h3-8,11,16H,2,15H2,1H3. The molecular formula is C13H15BrN2O2S2. The van der Waals surface area contributed by atoms with Crippen molar-refractivity contribution in [2.45, 2.75) is 24.3 Å². The summed E-state index contributed by atoms with van der Waals surface area (Å²) < 4.78 is 28.3. The number of nitrogens with one attached hydrogen (secondary N) is 1. The summed E-state index contributed by atoms with van der Waals surface area (Å²) in [4.78, 5) is 1.10. The number of sulfonamides is 1. The minimum Gasteiger partial charge on any atom is -0.398 e. The summed E-state index contributed by atoms with van der Waals surface area (Å²) in [5, 5.41) is 1.93. The first-order valence-electron chi connectivity index (χ1n) is 6.05. The summed E-state index contributed by atoms with van der Waals surface area (Å²) in [7, 11) is -3.63. The first kappa shape index (κ1) is 15.5. The van der Waals surface area contributed by atoms with Crippen LogP contribution in [0.3, 0.4) is 0 Å². The fourth-order valence-electron chi connectivity index (χ4n) is 1.85. The third-order valence-electron chi connectivity index (χ3n) is 2.85. The van der Waals surface area contributed by atoms with E-state index in [0.717, 1.165) is 9.35 Å². The molecule has 1 heterocycles. The maximum Gasteiger partial charge on any atom is 0.243 e. The normalized spacial score (nSPS) is 13.3. The average molecular weight is 375 g/mol. The Labute approximate surface area is 131 Å². The Morgan fingerprint density at radius 2 is 2.15 bits per heavy atom. The number of nitrogens with two attached hydrogens (primary N) is 1. The molecule has 2 aromatic rings. The van der Waals surface area contributed by atoms with Crippen molar-refractivity contribution in [1.29, 1.82) is 0 Å². The van der Waals surface area contributed by atoms with Crippen LogP contribution in [0.2, 0.25) is 0 Å². The van der Waals surface area contributed by atoms with Gasteiger partial charge in [0.1, 0.15) is 4.90 Å². The molecule has 1 atom stereocenters. The summed E-state index contributed by atoms with van der Waals surface area (Å²) in [6, 6.07) is 8.35. The fourth-order valence-corrected chi connectivity index (χ4v) is 4.57. The lowest BCUT2D eigenvalue weighted by atomic mass is 10.2. The molecular weight excluding hydrogens is 360 g/mol. The molecule has 0 spiro atoms. The van der Waals surface area contributed by atoms with Crippen molar-refractivity contribution in [3.63, 3.8) is 0 Å². The van der Waals surface area contributed by atoms with E-state index in [-0.39, 0.29) is 16.6 Å². The molecule has 108 valence electrons. The van der Waals surface area contributed by atoms with Crippen molar-refractivity contribution in [2.75, 3.05) is 5.73 Å². The monoisotopic (exact) mass is 374 g/mol. The molecule has 0 fully saturated rings. The summed E-state index contributed by atoms with van der Waals surface area (Å²) in [5.74, 6) is 0. The van der Waals surface area contributed by atoms with Gasteiger partial charge in [-0.15, -0.1) is 11.3 Å². The van der Waals surface area contributed by atoms with Crippen LogP contribution < -0.4 is 10.5 Å². The first-order chi connectivity index (χ1) is 9.44. The van der Waals surface area contributed by atoms with Gasteiger partial charge in [0.05, 0.1) is 11.7 Å². The van der Waals surface area contributed by atoms with Crippen LogP contribution in [0.4, 0.5) is 5.69 Å². The molecule has 0 aliphatic rings. The van der Waals surface area contributed by atoms with Gasteiger partial charge >= 0.3 is 0 Å². The number of thiophene rings is 1. The third-order valence-corrected chi connectivity index (χ3v) is 5.88. The molecule has 7 heteroatoms. The zero-order valence-corrected chi connectivity index (χ0v) is 14.1. The van der Waals surface area contributed by atoms with E-state index in [9.17, 15) is 8.42 Å². The molecule has 0 radical (unpaired) electrons. The number of hydrogen-bond donors (Lipinski definition) is 2. The molecule has 0 saturated carbocycles. The minimum atomic E-state index is -3.63. The molecule has 1 unspecified atom stereocenters. The Balaban J connectivity index is 2.31. The highest BCUT2D eigenvalue weighted by Gasteiger charge is 2.22. The van der Waals surface area contributed by atoms with Gasteiger partial charge in [-0.05, 0) is 36.1 Å². The number of anilines is 1. The van der Waals surface area contributed by atoms with Crippen LogP contribution >= 0.6 is 27.3 Å². The average Bonchev–Trinajstić information content (AvgIpc) is 2.89. The lowest BCUT2D eigenvalue weighted by Crippen LogP contribution is -2.28. The van der Waals surface area contributed by atoms with Gasteiger partial charge in [-0.1, -0.05) is 28.9 Å². The quantitative estimate of drug-likeness (QED) is 0.786. The van der Waals surface area contributed by atoms with Gasteiger partial charge in [0, 0.05) is 9.35 Å². The smallest absolute Gasteiger partial charge is 0.243 e. The molecule has 3 N–H and O–H groups in total. The second-order valence-electron chi connectivity index (χ2n) is 4.28. The largest absolute Gasteiger partial charge is 0.398 e. The molecule has 20 heavy (non-hydrogen) atoms. The summed E-state index contributed by atoms with van der Waals surface area (Å²) >= 11 is 4.80. The number of benzene rings is 1. The van der Waals surface area contributed by atoms with Gasteiger partial charge in [-0.2, -0.15) is 0 Å².